The molecule has 98 valence electrons. The van der Waals surface area contributed by atoms with Crippen LogP contribution in [-0.2, 0) is 0 Å². The van der Waals surface area contributed by atoms with Crippen LogP contribution in [0.5, 0.6) is 5.75 Å². The van der Waals surface area contributed by atoms with Crippen LogP contribution in [0.1, 0.15) is 11.3 Å². The SMILES string of the molecule is Cc1nnc(N/N=C/c2cc(Cl)ccc2O)[nH]c1=O. The highest BCUT2D eigenvalue weighted by molar-refractivity contribution is 6.30. The lowest BCUT2D eigenvalue weighted by molar-refractivity contribution is 0.474. The molecule has 0 radical (unpaired) electrons. The topological polar surface area (TPSA) is 103 Å². The van der Waals surface area contributed by atoms with E-state index in [4.69, 9.17) is 11.6 Å². The number of aromatic amines is 1. The zero-order valence-corrected chi connectivity index (χ0v) is 10.6. The standard InChI is InChI=1S/C11H10ClN5O2/c1-6-10(19)14-11(17-15-6)16-13-5-7-4-8(12)2-3-9(7)18/h2-5,18H,1H3,(H2,14,16,17,19)/b13-5+. The van der Waals surface area contributed by atoms with Gasteiger partial charge in [0.1, 0.15) is 11.4 Å². The highest BCUT2D eigenvalue weighted by atomic mass is 35.5. The fourth-order valence-corrected chi connectivity index (χ4v) is 1.42. The van der Waals surface area contributed by atoms with Gasteiger partial charge in [0.15, 0.2) is 0 Å². The van der Waals surface area contributed by atoms with Crippen LogP contribution in [0.2, 0.25) is 5.02 Å². The second-order valence-corrected chi connectivity index (χ2v) is 4.10. The van der Waals surface area contributed by atoms with E-state index in [0.29, 0.717) is 10.6 Å². The van der Waals surface area contributed by atoms with Crippen LogP contribution in [0, 0.1) is 6.92 Å². The average molecular weight is 280 g/mol. The van der Waals surface area contributed by atoms with Crippen molar-refractivity contribution >= 4 is 23.8 Å². The first kappa shape index (κ1) is 13.0. The Morgan fingerprint density at radius 2 is 2.26 bits per heavy atom. The fraction of sp³-hybridized carbons (Fsp3) is 0.0909. The van der Waals surface area contributed by atoms with Crippen molar-refractivity contribution in [3.8, 4) is 5.75 Å². The number of nitrogens with one attached hydrogen (secondary N) is 2. The summed E-state index contributed by atoms with van der Waals surface area (Å²) in [6.45, 7) is 1.54. The minimum absolute atomic E-state index is 0.0402. The molecule has 0 saturated carbocycles. The summed E-state index contributed by atoms with van der Waals surface area (Å²) >= 11 is 5.79. The number of halogens is 1. The lowest BCUT2D eigenvalue weighted by Crippen LogP contribution is -2.15. The number of aryl methyl sites for hydroxylation is 1. The number of nitrogens with zero attached hydrogens (tertiary/aromatic N) is 3. The van der Waals surface area contributed by atoms with Gasteiger partial charge in [-0.2, -0.15) is 5.10 Å². The molecule has 0 atom stereocenters. The summed E-state index contributed by atoms with van der Waals surface area (Å²) in [6, 6.07) is 4.56. The predicted octanol–water partition coefficient (Wildman–Crippen LogP) is 1.28. The summed E-state index contributed by atoms with van der Waals surface area (Å²) < 4.78 is 0. The molecule has 0 amide bonds. The van der Waals surface area contributed by atoms with Gasteiger partial charge in [-0.15, -0.1) is 10.2 Å². The Hall–Kier alpha value is -2.41. The summed E-state index contributed by atoms with van der Waals surface area (Å²) in [5.74, 6) is 0.145. The van der Waals surface area contributed by atoms with Gasteiger partial charge in [0, 0.05) is 10.6 Å². The Kier molecular flexibility index (Phi) is 3.76. The van der Waals surface area contributed by atoms with E-state index in [-0.39, 0.29) is 23.0 Å². The van der Waals surface area contributed by atoms with Gasteiger partial charge in [-0.05, 0) is 25.1 Å². The maximum absolute atomic E-state index is 11.3. The number of hydrazone groups is 1. The Morgan fingerprint density at radius 1 is 1.47 bits per heavy atom. The molecule has 8 heteroatoms. The Labute approximate surface area is 113 Å². The smallest absolute Gasteiger partial charge is 0.274 e. The van der Waals surface area contributed by atoms with Crippen molar-refractivity contribution in [2.75, 3.05) is 5.43 Å². The van der Waals surface area contributed by atoms with E-state index >= 15 is 0 Å². The molecule has 0 fully saturated rings. The third-order valence-electron chi connectivity index (χ3n) is 2.22. The Bertz CT molecular complexity index is 683. The van der Waals surface area contributed by atoms with Crippen LogP contribution in [0.15, 0.2) is 28.1 Å². The van der Waals surface area contributed by atoms with Crippen molar-refractivity contribution in [2.45, 2.75) is 6.92 Å². The van der Waals surface area contributed by atoms with Crippen LogP contribution < -0.4 is 11.0 Å². The number of rotatable bonds is 3. The number of benzene rings is 1. The number of aromatic nitrogens is 3. The molecule has 0 saturated heterocycles. The van der Waals surface area contributed by atoms with E-state index in [1.54, 1.807) is 19.1 Å². The van der Waals surface area contributed by atoms with Gasteiger partial charge >= 0.3 is 0 Å². The number of hydrogen-bond acceptors (Lipinski definition) is 6. The third-order valence-corrected chi connectivity index (χ3v) is 2.46. The third kappa shape index (κ3) is 3.29. The van der Waals surface area contributed by atoms with Crippen LogP contribution in [-0.4, -0.2) is 26.5 Å². The molecule has 0 spiro atoms. The largest absolute Gasteiger partial charge is 0.507 e. The monoisotopic (exact) mass is 279 g/mol. The van der Waals surface area contributed by atoms with E-state index in [0.717, 1.165) is 0 Å². The highest BCUT2D eigenvalue weighted by Crippen LogP contribution is 2.19. The molecule has 19 heavy (non-hydrogen) atoms. The van der Waals surface area contributed by atoms with E-state index in [1.165, 1.54) is 12.3 Å². The first-order chi connectivity index (χ1) is 9.06. The molecule has 2 rings (SSSR count). The van der Waals surface area contributed by atoms with Crippen LogP contribution in [0.3, 0.4) is 0 Å². The van der Waals surface area contributed by atoms with Gasteiger partial charge in [-0.25, -0.2) is 5.43 Å². The molecule has 0 bridgehead atoms. The number of hydrogen-bond donors (Lipinski definition) is 3. The van der Waals surface area contributed by atoms with E-state index < -0.39 is 0 Å². The summed E-state index contributed by atoms with van der Waals surface area (Å²) in [4.78, 5) is 13.7. The number of H-pyrrole nitrogens is 1. The predicted molar refractivity (Wildman–Crippen MR) is 71.7 cm³/mol. The molecule has 7 nitrogen and oxygen atoms in total. The maximum atomic E-state index is 11.3. The van der Waals surface area contributed by atoms with Crippen molar-refractivity contribution in [3.63, 3.8) is 0 Å². The maximum Gasteiger partial charge on any atom is 0.274 e. The molecular weight excluding hydrogens is 270 g/mol. The molecular formula is C11H10ClN5O2. The molecule has 0 aliphatic carbocycles. The molecule has 1 heterocycles. The van der Waals surface area contributed by atoms with Crippen LogP contribution in [0.25, 0.3) is 0 Å². The molecule has 1 aromatic carbocycles. The summed E-state index contributed by atoms with van der Waals surface area (Å²) in [7, 11) is 0. The van der Waals surface area contributed by atoms with E-state index in [2.05, 4.69) is 25.7 Å². The minimum Gasteiger partial charge on any atom is -0.507 e. The van der Waals surface area contributed by atoms with Crippen LogP contribution >= 0.6 is 11.6 Å². The molecule has 0 unspecified atom stereocenters. The number of phenols is 1. The number of anilines is 1. The molecule has 0 aliphatic rings. The van der Waals surface area contributed by atoms with Crippen molar-refractivity contribution in [2.24, 2.45) is 5.10 Å². The first-order valence-corrected chi connectivity index (χ1v) is 5.65. The molecule has 3 N–H and O–H groups in total. The quantitative estimate of drug-likeness (QED) is 0.580. The minimum atomic E-state index is -0.349. The van der Waals surface area contributed by atoms with Gasteiger partial charge in [-0.1, -0.05) is 11.6 Å². The molecule has 2 aromatic rings. The van der Waals surface area contributed by atoms with Gasteiger partial charge in [0.05, 0.1) is 6.21 Å². The van der Waals surface area contributed by atoms with Gasteiger partial charge in [0.25, 0.3) is 5.56 Å². The lowest BCUT2D eigenvalue weighted by atomic mass is 10.2. The highest BCUT2D eigenvalue weighted by Gasteiger charge is 2.00. The van der Waals surface area contributed by atoms with Crippen molar-refractivity contribution < 1.29 is 5.11 Å². The first-order valence-electron chi connectivity index (χ1n) is 5.27. The molecule has 0 aliphatic heterocycles. The van der Waals surface area contributed by atoms with Crippen molar-refractivity contribution in [3.05, 3.63) is 44.8 Å². The second kappa shape index (κ2) is 5.49. The van der Waals surface area contributed by atoms with Gasteiger partial charge in [0.2, 0.25) is 5.95 Å². The van der Waals surface area contributed by atoms with Crippen molar-refractivity contribution in [1.82, 2.24) is 15.2 Å². The zero-order chi connectivity index (χ0) is 13.8. The molecule has 1 aromatic heterocycles. The van der Waals surface area contributed by atoms with E-state index in [1.807, 2.05) is 0 Å². The Morgan fingerprint density at radius 3 is 3.00 bits per heavy atom. The average Bonchev–Trinajstić information content (AvgIpc) is 2.38. The fourth-order valence-electron chi connectivity index (χ4n) is 1.24. The van der Waals surface area contributed by atoms with Crippen molar-refractivity contribution in [1.29, 1.82) is 0 Å². The zero-order valence-electron chi connectivity index (χ0n) is 9.88. The second-order valence-electron chi connectivity index (χ2n) is 3.66. The van der Waals surface area contributed by atoms with Gasteiger partial charge < -0.3 is 5.11 Å². The lowest BCUT2D eigenvalue weighted by Gasteiger charge is -2.00. The van der Waals surface area contributed by atoms with E-state index in [9.17, 15) is 9.90 Å². The van der Waals surface area contributed by atoms with Crippen LogP contribution in [0.4, 0.5) is 5.95 Å². The summed E-state index contributed by atoms with van der Waals surface area (Å²) in [5, 5.41) is 21.2. The summed E-state index contributed by atoms with van der Waals surface area (Å²) in [6.07, 6.45) is 1.35. The number of phenolic OH excluding ortho intramolecular Hbond substituents is 1. The number of aromatic hydroxyl groups is 1. The Balaban J connectivity index is 2.13. The normalized spacial score (nSPS) is 10.8. The summed E-state index contributed by atoms with van der Waals surface area (Å²) in [5.41, 5.74) is 2.84. The van der Waals surface area contributed by atoms with Gasteiger partial charge in [-0.3, -0.25) is 9.78 Å².